The van der Waals surface area contributed by atoms with E-state index in [2.05, 4.69) is 5.32 Å². The third-order valence-electron chi connectivity index (χ3n) is 4.45. The van der Waals surface area contributed by atoms with Gasteiger partial charge in [-0.05, 0) is 17.7 Å². The second kappa shape index (κ2) is 8.43. The Morgan fingerprint density at radius 3 is 2.50 bits per heavy atom. The summed E-state index contributed by atoms with van der Waals surface area (Å²) in [6.07, 6.45) is -4.88. The lowest BCUT2D eigenvalue weighted by molar-refractivity contribution is -0.159. The maximum atomic E-state index is 13.1. The molecular formula is C20H19F3N2O3. The maximum Gasteiger partial charge on any atom is 0.418 e. The molecule has 0 spiro atoms. The summed E-state index contributed by atoms with van der Waals surface area (Å²) in [4.78, 5) is 26.4. The molecule has 1 atom stereocenters. The number of halogens is 3. The molecule has 1 saturated heterocycles. The van der Waals surface area contributed by atoms with E-state index in [0.29, 0.717) is 13.1 Å². The molecule has 8 heteroatoms. The monoisotopic (exact) mass is 392 g/mol. The van der Waals surface area contributed by atoms with Crippen LogP contribution >= 0.6 is 0 Å². The van der Waals surface area contributed by atoms with Crippen molar-refractivity contribution < 1.29 is 27.5 Å². The molecule has 1 N–H and O–H groups in total. The van der Waals surface area contributed by atoms with E-state index < -0.39 is 29.7 Å². The number of carbonyl (C=O) groups excluding carboxylic acids is 2. The van der Waals surface area contributed by atoms with E-state index in [4.69, 9.17) is 4.74 Å². The van der Waals surface area contributed by atoms with Crippen molar-refractivity contribution in [3.8, 4) is 0 Å². The average molecular weight is 392 g/mol. The van der Waals surface area contributed by atoms with E-state index >= 15 is 0 Å². The first-order chi connectivity index (χ1) is 13.3. The van der Waals surface area contributed by atoms with Crippen LogP contribution < -0.4 is 5.32 Å². The number of carbonyl (C=O) groups is 2. The number of hydrogen-bond acceptors (Lipinski definition) is 4. The van der Waals surface area contributed by atoms with Crippen LogP contribution in [0.25, 0.3) is 0 Å². The van der Waals surface area contributed by atoms with Gasteiger partial charge in [-0.2, -0.15) is 13.2 Å². The summed E-state index contributed by atoms with van der Waals surface area (Å²) < 4.78 is 44.3. The third kappa shape index (κ3) is 4.89. The largest absolute Gasteiger partial charge is 0.463 e. The van der Waals surface area contributed by atoms with Gasteiger partial charge in [0.05, 0.1) is 17.7 Å². The number of anilines is 1. The number of ether oxygens (including phenoxy) is 1. The lowest BCUT2D eigenvalue weighted by Gasteiger charge is -2.33. The van der Waals surface area contributed by atoms with E-state index in [9.17, 15) is 22.8 Å². The van der Waals surface area contributed by atoms with Gasteiger partial charge < -0.3 is 10.1 Å². The predicted molar refractivity (Wildman–Crippen MR) is 96.3 cm³/mol. The van der Waals surface area contributed by atoms with Crippen molar-refractivity contribution in [1.29, 1.82) is 0 Å². The minimum absolute atomic E-state index is 0.209. The molecule has 1 unspecified atom stereocenters. The summed E-state index contributed by atoms with van der Waals surface area (Å²) in [6.45, 7) is 1.09. The summed E-state index contributed by atoms with van der Waals surface area (Å²) in [5, 5.41) is 2.28. The Morgan fingerprint density at radius 1 is 1.11 bits per heavy atom. The molecule has 5 nitrogen and oxygen atoms in total. The predicted octanol–water partition coefficient (Wildman–Crippen LogP) is 3.46. The van der Waals surface area contributed by atoms with Crippen molar-refractivity contribution in [3.05, 3.63) is 65.7 Å². The second-order valence-corrected chi connectivity index (χ2v) is 6.44. The van der Waals surface area contributed by atoms with Crippen LogP contribution in [-0.2, 0) is 27.0 Å². The van der Waals surface area contributed by atoms with Gasteiger partial charge >= 0.3 is 12.1 Å². The minimum atomic E-state index is -4.59. The maximum absolute atomic E-state index is 13.1. The molecule has 148 valence electrons. The van der Waals surface area contributed by atoms with Crippen molar-refractivity contribution in [2.45, 2.75) is 25.2 Å². The Labute approximate surface area is 160 Å². The first-order valence-corrected chi connectivity index (χ1v) is 8.75. The van der Waals surface area contributed by atoms with E-state index in [0.717, 1.165) is 11.6 Å². The van der Waals surface area contributed by atoms with Gasteiger partial charge in [-0.3, -0.25) is 14.5 Å². The van der Waals surface area contributed by atoms with Gasteiger partial charge in [-0.25, -0.2) is 0 Å². The Hall–Kier alpha value is -2.87. The van der Waals surface area contributed by atoms with Crippen molar-refractivity contribution in [2.24, 2.45) is 0 Å². The Balaban J connectivity index is 1.71. The number of hydrogen-bond donors (Lipinski definition) is 1. The van der Waals surface area contributed by atoms with Crippen LogP contribution in [0.5, 0.6) is 0 Å². The average Bonchev–Trinajstić information content (AvgIpc) is 2.65. The Bertz CT molecular complexity index is 840. The van der Waals surface area contributed by atoms with Gasteiger partial charge in [0.15, 0.2) is 0 Å². The fraction of sp³-hybridized carbons (Fsp3) is 0.300. The molecule has 1 aliphatic rings. The van der Waals surface area contributed by atoms with Crippen LogP contribution in [-0.4, -0.2) is 36.0 Å². The second-order valence-electron chi connectivity index (χ2n) is 6.44. The van der Waals surface area contributed by atoms with Crippen LogP contribution in [0.3, 0.4) is 0 Å². The summed E-state index contributed by atoms with van der Waals surface area (Å²) >= 11 is 0. The number of benzene rings is 2. The highest BCUT2D eigenvalue weighted by molar-refractivity contribution is 5.95. The van der Waals surface area contributed by atoms with Crippen molar-refractivity contribution >= 4 is 17.6 Å². The van der Waals surface area contributed by atoms with Gasteiger partial charge in [0.25, 0.3) is 0 Å². The van der Waals surface area contributed by atoms with E-state index in [1.54, 1.807) is 4.90 Å². The van der Waals surface area contributed by atoms with E-state index in [1.165, 1.54) is 18.2 Å². The smallest absolute Gasteiger partial charge is 0.418 e. The number of alkyl halides is 3. The molecule has 0 saturated carbocycles. The Kier molecular flexibility index (Phi) is 5.99. The molecule has 2 aromatic carbocycles. The zero-order chi connectivity index (χ0) is 20.1. The first-order valence-electron chi connectivity index (χ1n) is 8.75. The molecule has 1 heterocycles. The summed E-state index contributed by atoms with van der Waals surface area (Å²) in [6, 6.07) is 13.3. The highest BCUT2D eigenvalue weighted by Crippen LogP contribution is 2.34. The highest BCUT2D eigenvalue weighted by atomic mass is 19.4. The van der Waals surface area contributed by atoms with Gasteiger partial charge in [-0.1, -0.05) is 42.5 Å². The fourth-order valence-corrected chi connectivity index (χ4v) is 3.10. The SMILES string of the molecule is O=C(CC1C(=O)OCCN1Cc1ccccc1)Nc1ccccc1C(F)(F)F. The van der Waals surface area contributed by atoms with Crippen molar-refractivity contribution in [2.75, 3.05) is 18.5 Å². The number of morpholine rings is 1. The number of cyclic esters (lactones) is 1. The summed E-state index contributed by atoms with van der Waals surface area (Å²) in [7, 11) is 0. The topological polar surface area (TPSA) is 58.6 Å². The van der Waals surface area contributed by atoms with Crippen molar-refractivity contribution in [3.63, 3.8) is 0 Å². The molecule has 3 rings (SSSR count). The third-order valence-corrected chi connectivity index (χ3v) is 4.45. The lowest BCUT2D eigenvalue weighted by Crippen LogP contribution is -2.49. The summed E-state index contributed by atoms with van der Waals surface area (Å²) in [5.74, 6) is -1.24. The van der Waals surface area contributed by atoms with Gasteiger partial charge in [0, 0.05) is 13.1 Å². The fourth-order valence-electron chi connectivity index (χ4n) is 3.10. The number of nitrogens with one attached hydrogen (secondary N) is 1. The minimum Gasteiger partial charge on any atom is -0.463 e. The van der Waals surface area contributed by atoms with Crippen molar-refractivity contribution in [1.82, 2.24) is 4.90 Å². The zero-order valence-electron chi connectivity index (χ0n) is 14.9. The molecule has 0 aliphatic carbocycles. The van der Waals surface area contributed by atoms with Gasteiger partial charge in [0.1, 0.15) is 12.6 Å². The molecule has 0 bridgehead atoms. The van der Waals surface area contributed by atoms with Crippen LogP contribution in [0.2, 0.25) is 0 Å². The van der Waals surface area contributed by atoms with E-state index in [1.807, 2.05) is 30.3 Å². The van der Waals surface area contributed by atoms with Crippen LogP contribution in [0.1, 0.15) is 17.5 Å². The number of esters is 1. The molecule has 1 fully saturated rings. The normalized spacial score (nSPS) is 17.8. The number of amides is 1. The number of para-hydroxylation sites is 1. The molecule has 0 radical (unpaired) electrons. The zero-order valence-corrected chi connectivity index (χ0v) is 14.9. The Morgan fingerprint density at radius 2 is 1.79 bits per heavy atom. The molecular weight excluding hydrogens is 373 g/mol. The summed E-state index contributed by atoms with van der Waals surface area (Å²) in [5.41, 5.74) is -0.306. The quantitative estimate of drug-likeness (QED) is 0.792. The molecule has 1 aliphatic heterocycles. The number of nitrogens with zero attached hydrogens (tertiary/aromatic N) is 1. The molecule has 28 heavy (non-hydrogen) atoms. The standard InChI is InChI=1S/C20H19F3N2O3/c21-20(22,23)15-8-4-5-9-16(15)24-18(26)12-17-19(27)28-11-10-25(17)13-14-6-2-1-3-7-14/h1-9,17H,10-13H2,(H,24,26). The molecule has 1 amide bonds. The highest BCUT2D eigenvalue weighted by Gasteiger charge is 2.36. The lowest BCUT2D eigenvalue weighted by atomic mass is 10.1. The molecule has 0 aromatic heterocycles. The van der Waals surface area contributed by atoms with Crippen LogP contribution in [0.15, 0.2) is 54.6 Å². The number of rotatable bonds is 5. The van der Waals surface area contributed by atoms with Crippen LogP contribution in [0.4, 0.5) is 18.9 Å². The molecule has 2 aromatic rings. The van der Waals surface area contributed by atoms with Gasteiger partial charge in [0.2, 0.25) is 5.91 Å². The first kappa shape index (κ1) is 19.9. The van der Waals surface area contributed by atoms with Crippen LogP contribution in [0, 0.1) is 0 Å². The van der Waals surface area contributed by atoms with Gasteiger partial charge in [-0.15, -0.1) is 0 Å². The van der Waals surface area contributed by atoms with E-state index in [-0.39, 0.29) is 18.7 Å².